The first kappa shape index (κ1) is 20.6. The summed E-state index contributed by atoms with van der Waals surface area (Å²) in [6.07, 6.45) is 4.16. The topological polar surface area (TPSA) is 129 Å². The van der Waals surface area contributed by atoms with E-state index in [0.29, 0.717) is 28.7 Å². The van der Waals surface area contributed by atoms with E-state index in [0.717, 1.165) is 25.0 Å². The summed E-state index contributed by atoms with van der Waals surface area (Å²) >= 11 is 0. The van der Waals surface area contributed by atoms with Gasteiger partial charge in [-0.3, -0.25) is 9.89 Å². The largest absolute Gasteiger partial charge is 0.507 e. The van der Waals surface area contributed by atoms with Crippen LogP contribution in [0.5, 0.6) is 5.75 Å². The van der Waals surface area contributed by atoms with Gasteiger partial charge in [-0.15, -0.1) is 0 Å². The number of carbonyl (C=O) groups is 2. The second-order valence-electron chi connectivity index (χ2n) is 8.04. The average Bonchev–Trinajstić information content (AvgIpc) is 3.37. The third-order valence-corrected chi connectivity index (χ3v) is 5.43. The molecular formula is C22H25N5O4. The minimum atomic E-state index is -0.379. The Morgan fingerprint density at radius 2 is 2.13 bits per heavy atom. The summed E-state index contributed by atoms with van der Waals surface area (Å²) in [5, 5.41) is 24.5. The van der Waals surface area contributed by atoms with Crippen LogP contribution in [-0.2, 0) is 4.74 Å². The van der Waals surface area contributed by atoms with E-state index in [1.807, 2.05) is 19.9 Å². The van der Waals surface area contributed by atoms with Crippen LogP contribution in [0.3, 0.4) is 0 Å². The van der Waals surface area contributed by atoms with Crippen LogP contribution in [0.2, 0.25) is 0 Å². The molecule has 9 nitrogen and oxygen atoms in total. The van der Waals surface area contributed by atoms with Crippen LogP contribution < -0.4 is 10.6 Å². The van der Waals surface area contributed by atoms with Crippen LogP contribution in [0, 0.1) is 0 Å². The summed E-state index contributed by atoms with van der Waals surface area (Å²) in [4.78, 5) is 27.5. The third kappa shape index (κ3) is 4.45. The molecule has 9 heteroatoms. The zero-order chi connectivity index (χ0) is 22.0. The Bertz CT molecular complexity index is 1110. The second-order valence-corrected chi connectivity index (χ2v) is 8.04. The van der Waals surface area contributed by atoms with Crippen LogP contribution in [-0.4, -0.2) is 44.8 Å². The molecule has 3 aromatic rings. The van der Waals surface area contributed by atoms with E-state index in [9.17, 15) is 14.7 Å². The lowest BCUT2D eigenvalue weighted by Gasteiger charge is -2.14. The average molecular weight is 423 g/mol. The summed E-state index contributed by atoms with van der Waals surface area (Å²) in [5.74, 6) is 1.29. The number of alkyl carbamates (subject to hydrolysis) is 1. The summed E-state index contributed by atoms with van der Waals surface area (Å²) in [6.45, 7) is 3.79. The number of pyridine rings is 1. The fourth-order valence-electron chi connectivity index (χ4n) is 3.97. The van der Waals surface area contributed by atoms with E-state index >= 15 is 0 Å². The first-order chi connectivity index (χ1) is 14.9. The number of fused-ring (bicyclic) bond motifs is 1. The Kier molecular flexibility index (Phi) is 5.75. The molecule has 4 N–H and O–H groups in total. The minimum absolute atomic E-state index is 0.0418. The van der Waals surface area contributed by atoms with Crippen LogP contribution in [0.4, 0.5) is 16.4 Å². The number of nitrogens with one attached hydrogen (secondary N) is 3. The van der Waals surface area contributed by atoms with Crippen LogP contribution in [0.25, 0.3) is 10.8 Å². The number of benzene rings is 1. The summed E-state index contributed by atoms with van der Waals surface area (Å²) in [5.41, 5.74) is 1.19. The highest BCUT2D eigenvalue weighted by molar-refractivity contribution is 6.04. The summed E-state index contributed by atoms with van der Waals surface area (Å²) in [6, 6.07) is 6.84. The lowest BCUT2D eigenvalue weighted by molar-refractivity contribution is 0.0981. The van der Waals surface area contributed by atoms with Crippen molar-refractivity contribution in [1.82, 2.24) is 20.5 Å². The standard InChI is InChI=1S/C22H25N5O4/c1-12(2)24-22(30)31-14-4-3-13(9-14)18-10-20(27-26-18)25-21-16-5-6-19(29)17(11-28)15(16)7-8-23-21/h5-8,10-14,29H,3-4,9H2,1-2H3,(H,24,30)(H2,23,25,26,27)/t13-,14+/m0/s1. The lowest BCUT2D eigenvalue weighted by Crippen LogP contribution is -2.33. The van der Waals surface area contributed by atoms with E-state index < -0.39 is 0 Å². The molecule has 1 aliphatic rings. The van der Waals surface area contributed by atoms with Gasteiger partial charge in [-0.2, -0.15) is 5.10 Å². The number of hydrogen-bond acceptors (Lipinski definition) is 7. The van der Waals surface area contributed by atoms with Crippen LogP contribution in [0.15, 0.2) is 30.5 Å². The number of carbonyl (C=O) groups excluding carboxylic acids is 2. The molecular weight excluding hydrogens is 398 g/mol. The van der Waals surface area contributed by atoms with Crippen LogP contribution in [0.1, 0.15) is 55.1 Å². The molecule has 0 saturated heterocycles. The first-order valence-corrected chi connectivity index (χ1v) is 10.3. The molecule has 162 valence electrons. The van der Waals surface area contributed by atoms with Gasteiger partial charge < -0.3 is 20.5 Å². The molecule has 0 aliphatic heterocycles. The number of aromatic nitrogens is 3. The van der Waals surface area contributed by atoms with E-state index in [2.05, 4.69) is 25.8 Å². The number of aromatic amines is 1. The van der Waals surface area contributed by atoms with Gasteiger partial charge in [0.05, 0.1) is 5.56 Å². The molecule has 1 saturated carbocycles. The number of H-pyrrole nitrogens is 1. The first-order valence-electron chi connectivity index (χ1n) is 10.3. The highest BCUT2D eigenvalue weighted by Crippen LogP contribution is 2.36. The molecule has 1 aromatic carbocycles. The van der Waals surface area contributed by atoms with Gasteiger partial charge in [0.15, 0.2) is 12.1 Å². The predicted molar refractivity (Wildman–Crippen MR) is 116 cm³/mol. The summed E-state index contributed by atoms with van der Waals surface area (Å²) in [7, 11) is 0. The Morgan fingerprint density at radius 3 is 2.90 bits per heavy atom. The van der Waals surface area contributed by atoms with Gasteiger partial charge >= 0.3 is 6.09 Å². The molecule has 1 amide bonds. The Morgan fingerprint density at radius 1 is 1.29 bits per heavy atom. The van der Waals surface area contributed by atoms with Gasteiger partial charge in [-0.05, 0) is 51.3 Å². The van der Waals surface area contributed by atoms with E-state index in [1.165, 1.54) is 6.07 Å². The van der Waals surface area contributed by atoms with Crippen molar-refractivity contribution in [3.05, 3.63) is 41.7 Å². The number of hydrogen-bond donors (Lipinski definition) is 4. The monoisotopic (exact) mass is 423 g/mol. The highest BCUT2D eigenvalue weighted by Gasteiger charge is 2.30. The SMILES string of the molecule is CC(C)NC(=O)O[C@@H]1CC[C@H](c2cc(Nc3nccc4c(C=O)c(O)ccc34)n[nH]2)C1. The van der Waals surface area contributed by atoms with Crippen LogP contribution >= 0.6 is 0 Å². The van der Waals surface area contributed by atoms with Gasteiger partial charge in [0.1, 0.15) is 17.7 Å². The molecule has 2 heterocycles. The zero-order valence-electron chi connectivity index (χ0n) is 17.4. The van der Waals surface area contributed by atoms with Crippen molar-refractivity contribution in [3.63, 3.8) is 0 Å². The number of aromatic hydroxyl groups is 1. The van der Waals surface area contributed by atoms with Crippen molar-refractivity contribution < 1.29 is 19.4 Å². The molecule has 2 atom stereocenters. The quantitative estimate of drug-likeness (QED) is 0.441. The van der Waals surface area contributed by atoms with Crippen molar-refractivity contribution in [2.24, 2.45) is 0 Å². The van der Waals surface area contributed by atoms with E-state index in [1.54, 1.807) is 18.3 Å². The molecule has 1 fully saturated rings. The van der Waals surface area contributed by atoms with Crippen molar-refractivity contribution in [3.8, 4) is 5.75 Å². The summed E-state index contributed by atoms with van der Waals surface area (Å²) < 4.78 is 5.50. The van der Waals surface area contributed by atoms with Crippen molar-refractivity contribution in [2.45, 2.75) is 51.2 Å². The molecule has 0 unspecified atom stereocenters. The number of rotatable bonds is 6. The molecule has 0 bridgehead atoms. The number of phenols is 1. The maximum absolute atomic E-state index is 11.8. The number of anilines is 2. The molecule has 31 heavy (non-hydrogen) atoms. The number of aldehydes is 1. The predicted octanol–water partition coefficient (Wildman–Crippen LogP) is 3.99. The Balaban J connectivity index is 1.46. The smallest absolute Gasteiger partial charge is 0.407 e. The fraction of sp³-hybridized carbons (Fsp3) is 0.364. The molecule has 4 rings (SSSR count). The lowest BCUT2D eigenvalue weighted by atomic mass is 10.0. The molecule has 2 aromatic heterocycles. The Labute approximate surface area is 179 Å². The van der Waals surface area contributed by atoms with Gasteiger partial charge in [0, 0.05) is 40.7 Å². The number of nitrogens with zero attached hydrogens (tertiary/aromatic N) is 2. The number of amides is 1. The van der Waals surface area contributed by atoms with Gasteiger partial charge in [0.25, 0.3) is 0 Å². The Hall–Kier alpha value is -3.62. The normalized spacial score (nSPS) is 18.3. The highest BCUT2D eigenvalue weighted by atomic mass is 16.6. The number of ether oxygens (including phenoxy) is 1. The van der Waals surface area contributed by atoms with Crippen molar-refractivity contribution in [1.29, 1.82) is 0 Å². The van der Waals surface area contributed by atoms with Gasteiger partial charge in [-0.25, -0.2) is 9.78 Å². The van der Waals surface area contributed by atoms with Crippen molar-refractivity contribution >= 4 is 34.8 Å². The van der Waals surface area contributed by atoms with Gasteiger partial charge in [0.2, 0.25) is 0 Å². The fourth-order valence-corrected chi connectivity index (χ4v) is 3.97. The van der Waals surface area contributed by atoms with E-state index in [-0.39, 0.29) is 35.5 Å². The molecule has 0 spiro atoms. The maximum Gasteiger partial charge on any atom is 0.407 e. The number of phenolic OH excluding ortho intramolecular Hbond substituents is 1. The minimum Gasteiger partial charge on any atom is -0.507 e. The van der Waals surface area contributed by atoms with E-state index in [4.69, 9.17) is 4.74 Å². The molecule has 1 aliphatic carbocycles. The van der Waals surface area contributed by atoms with Crippen molar-refractivity contribution in [2.75, 3.05) is 5.32 Å². The maximum atomic E-state index is 11.8. The zero-order valence-corrected chi connectivity index (χ0v) is 17.4. The second kappa shape index (κ2) is 8.63. The molecule has 0 radical (unpaired) electrons. The third-order valence-electron chi connectivity index (χ3n) is 5.43. The van der Waals surface area contributed by atoms with Gasteiger partial charge in [-0.1, -0.05) is 0 Å².